The van der Waals surface area contributed by atoms with Crippen molar-refractivity contribution in [2.75, 3.05) is 7.11 Å². The van der Waals surface area contributed by atoms with E-state index >= 15 is 0 Å². The molecule has 2 rings (SSSR count). The highest BCUT2D eigenvalue weighted by Crippen LogP contribution is 2.53. The summed E-state index contributed by atoms with van der Waals surface area (Å²) in [6, 6.07) is 0. The van der Waals surface area contributed by atoms with Crippen molar-refractivity contribution in [2.45, 2.75) is 6.16 Å². The molecule has 0 saturated heterocycles. The fourth-order valence-electron chi connectivity index (χ4n) is 1.92. The lowest BCUT2D eigenvalue weighted by Gasteiger charge is -2.19. The molecular weight excluding hydrogens is 448 g/mol. The zero-order chi connectivity index (χ0) is 21.5. The second-order valence-electron chi connectivity index (χ2n) is 4.99. The summed E-state index contributed by atoms with van der Waals surface area (Å²) in [7, 11) is -4.76. The van der Waals surface area contributed by atoms with E-state index in [1.165, 1.54) is 0 Å². The molecule has 0 heterocycles. The van der Waals surface area contributed by atoms with Crippen molar-refractivity contribution in [1.82, 2.24) is 0 Å². The van der Waals surface area contributed by atoms with Crippen molar-refractivity contribution in [1.29, 1.82) is 0 Å². The van der Waals surface area contributed by atoms with Gasteiger partial charge in [0.25, 0.3) is 0 Å². The van der Waals surface area contributed by atoms with E-state index in [2.05, 4.69) is 9.05 Å². The van der Waals surface area contributed by atoms with E-state index in [0.29, 0.717) is 7.11 Å². The van der Waals surface area contributed by atoms with Crippen LogP contribution in [0.1, 0.15) is 5.56 Å². The van der Waals surface area contributed by atoms with Crippen LogP contribution in [0.25, 0.3) is 0 Å². The molecule has 2 aromatic rings. The molecule has 2 aromatic carbocycles. The van der Waals surface area contributed by atoms with Gasteiger partial charge in [0.1, 0.15) is 0 Å². The van der Waals surface area contributed by atoms with E-state index < -0.39 is 83.2 Å². The van der Waals surface area contributed by atoms with Crippen molar-refractivity contribution in [3.8, 4) is 5.75 Å². The van der Waals surface area contributed by atoms with Gasteiger partial charge in [-0.05, 0) is 0 Å². The van der Waals surface area contributed by atoms with Gasteiger partial charge in [0.05, 0.1) is 14.6 Å². The van der Waals surface area contributed by atoms with E-state index in [1.807, 2.05) is 0 Å². The molecule has 0 fully saturated rings. The molecule has 0 bridgehead atoms. The minimum atomic E-state index is -5.23. The summed E-state index contributed by atoms with van der Waals surface area (Å²) in [5.41, 5.74) is -1.76. The van der Waals surface area contributed by atoms with Crippen LogP contribution in [0.5, 0.6) is 5.75 Å². The van der Waals surface area contributed by atoms with Crippen LogP contribution in [-0.4, -0.2) is 15.5 Å². The van der Waals surface area contributed by atoms with Crippen LogP contribution < -0.4 is 4.52 Å². The van der Waals surface area contributed by atoms with E-state index in [0.717, 1.165) is 0 Å². The normalized spacial score (nSPS) is 13.1. The molecule has 0 N–H and O–H groups in total. The first-order chi connectivity index (χ1) is 12.9. The number of hydrogen-bond acceptors (Lipinski definition) is 3. The summed E-state index contributed by atoms with van der Waals surface area (Å²) in [5, 5.41) is 0. The summed E-state index contributed by atoms with van der Waals surface area (Å²) in [5.74, 6) is -27.3. The van der Waals surface area contributed by atoms with Gasteiger partial charge in [-0.2, -0.15) is 8.78 Å². The highest BCUT2D eigenvalue weighted by molar-refractivity contribution is 7.53. The molecule has 15 heteroatoms. The Bertz CT molecular complexity index is 883. The molecule has 1 atom stereocenters. The second-order valence-corrected chi connectivity index (χ2v) is 7.08. The van der Waals surface area contributed by atoms with Gasteiger partial charge in [-0.1, -0.05) is 0 Å². The van der Waals surface area contributed by atoms with Crippen LogP contribution in [0, 0.1) is 58.2 Å². The maximum Gasteiger partial charge on any atom is 0.383 e. The zero-order valence-corrected chi connectivity index (χ0v) is 14.1. The lowest BCUT2D eigenvalue weighted by molar-refractivity contribution is 0.292. The maximum absolute atomic E-state index is 13.7. The third kappa shape index (κ3) is 4.22. The Kier molecular flexibility index (Phi) is 7.41. The van der Waals surface area contributed by atoms with Crippen LogP contribution >= 0.6 is 7.60 Å². The van der Waals surface area contributed by atoms with Gasteiger partial charge in [-0.25, -0.2) is 39.7 Å². The Balaban J connectivity index is 0.00000420. The third-order valence-electron chi connectivity index (χ3n) is 3.33. The molecular formula is C14H8BF10O3P. The van der Waals surface area contributed by atoms with E-state index in [1.54, 1.807) is 0 Å². The Morgan fingerprint density at radius 1 is 0.621 bits per heavy atom. The molecule has 0 aliphatic rings. The second kappa shape index (κ2) is 8.66. The first kappa shape index (κ1) is 24.8. The number of rotatable bonds is 5. The molecule has 0 spiro atoms. The number of hydrogen-bond donors (Lipinski definition) is 0. The Morgan fingerprint density at radius 2 is 0.931 bits per heavy atom. The molecule has 0 aliphatic heterocycles. The van der Waals surface area contributed by atoms with Gasteiger partial charge in [-0.3, -0.25) is 0 Å². The summed E-state index contributed by atoms with van der Waals surface area (Å²) in [4.78, 5) is 0. The van der Waals surface area contributed by atoms with Crippen LogP contribution in [-0.2, 0) is 15.3 Å². The van der Waals surface area contributed by atoms with Crippen molar-refractivity contribution >= 4 is 16.0 Å². The predicted octanol–water partition coefficient (Wildman–Crippen LogP) is 4.31. The summed E-state index contributed by atoms with van der Waals surface area (Å²) < 4.78 is 154. The quantitative estimate of drug-likeness (QED) is 0.221. The van der Waals surface area contributed by atoms with Crippen molar-refractivity contribution in [2.24, 2.45) is 0 Å². The van der Waals surface area contributed by atoms with E-state index in [4.69, 9.17) is 0 Å². The monoisotopic (exact) mass is 456 g/mol. The summed E-state index contributed by atoms with van der Waals surface area (Å²) >= 11 is 0. The summed E-state index contributed by atoms with van der Waals surface area (Å²) in [6.07, 6.45) is -1.80. The van der Waals surface area contributed by atoms with Crippen molar-refractivity contribution < 1.29 is 57.5 Å². The topological polar surface area (TPSA) is 35.5 Å². The van der Waals surface area contributed by atoms with E-state index in [-0.39, 0.29) is 8.41 Å². The lowest BCUT2D eigenvalue weighted by atomic mass is 10.2. The average Bonchev–Trinajstić information content (AvgIpc) is 2.68. The smallest absolute Gasteiger partial charge is 0.383 e. The highest BCUT2D eigenvalue weighted by atomic mass is 31.2. The van der Waals surface area contributed by atoms with Gasteiger partial charge in [-0.15, -0.1) is 0 Å². The molecule has 0 aliphatic carbocycles. The Labute approximate surface area is 157 Å². The SMILES string of the molecule is B.COP(=O)(Cc1c(F)c(F)c(F)c(F)c1F)Oc1c(F)c(F)c(F)c(F)c1F. The molecule has 0 amide bonds. The third-order valence-corrected chi connectivity index (χ3v) is 5.05. The highest BCUT2D eigenvalue weighted by Gasteiger charge is 2.37. The minimum Gasteiger partial charge on any atom is -0.418 e. The van der Waals surface area contributed by atoms with E-state index in [9.17, 15) is 48.5 Å². The maximum atomic E-state index is 13.7. The lowest BCUT2D eigenvalue weighted by Crippen LogP contribution is -2.11. The first-order valence-corrected chi connectivity index (χ1v) is 8.45. The van der Waals surface area contributed by atoms with Gasteiger partial charge >= 0.3 is 7.60 Å². The fraction of sp³-hybridized carbons (Fsp3) is 0.143. The van der Waals surface area contributed by atoms with Crippen molar-refractivity contribution in [3.63, 3.8) is 0 Å². The standard InChI is InChI=1S/C14H5F10O3P.BH3/c1-26-28(25,2-3-4(15)6(17)8(19)7(18)5(3)16)27-14-12(23)10(21)9(20)11(22)13(14)24;/h2H2,1H3;1H3. The summed E-state index contributed by atoms with van der Waals surface area (Å²) in [6.45, 7) is 0. The van der Waals surface area contributed by atoms with Gasteiger partial charge in [0.15, 0.2) is 23.3 Å². The Morgan fingerprint density at radius 3 is 1.28 bits per heavy atom. The van der Waals surface area contributed by atoms with Gasteiger partial charge in [0, 0.05) is 12.7 Å². The molecule has 0 aromatic heterocycles. The first-order valence-electron chi connectivity index (χ1n) is 6.72. The fourth-order valence-corrected chi connectivity index (χ4v) is 3.29. The Hall–Kier alpha value is -2.21. The van der Waals surface area contributed by atoms with Crippen LogP contribution in [0.2, 0.25) is 0 Å². The molecule has 0 radical (unpaired) electrons. The molecule has 29 heavy (non-hydrogen) atoms. The molecule has 1 unspecified atom stereocenters. The average molecular weight is 456 g/mol. The predicted molar refractivity (Wildman–Crippen MR) is 81.4 cm³/mol. The number of halogens is 10. The molecule has 160 valence electrons. The van der Waals surface area contributed by atoms with Crippen LogP contribution in [0.15, 0.2) is 0 Å². The molecule has 0 saturated carbocycles. The number of benzene rings is 2. The van der Waals surface area contributed by atoms with Crippen LogP contribution in [0.4, 0.5) is 43.9 Å². The van der Waals surface area contributed by atoms with Crippen LogP contribution in [0.3, 0.4) is 0 Å². The largest absolute Gasteiger partial charge is 0.418 e. The minimum absolute atomic E-state index is 0. The van der Waals surface area contributed by atoms with Gasteiger partial charge in [0.2, 0.25) is 40.7 Å². The van der Waals surface area contributed by atoms with Gasteiger partial charge < -0.3 is 9.05 Å². The zero-order valence-electron chi connectivity index (χ0n) is 13.2. The molecule has 3 nitrogen and oxygen atoms in total. The van der Waals surface area contributed by atoms with Crippen molar-refractivity contribution in [3.05, 3.63) is 63.7 Å².